The van der Waals surface area contributed by atoms with Gasteiger partial charge in [-0.1, -0.05) is 44.2 Å². The molecule has 8 nitrogen and oxygen atoms in total. The monoisotopic (exact) mass is 502 g/mol. The van der Waals surface area contributed by atoms with E-state index in [1.54, 1.807) is 20.8 Å². The number of hydrogen-bond donors (Lipinski definition) is 2. The van der Waals surface area contributed by atoms with Crippen LogP contribution in [0.2, 0.25) is 0 Å². The molecule has 1 saturated carbocycles. The van der Waals surface area contributed by atoms with Crippen LogP contribution in [-0.2, 0) is 35.1 Å². The molecule has 36 heavy (non-hydrogen) atoms. The van der Waals surface area contributed by atoms with E-state index in [-0.39, 0.29) is 36.4 Å². The van der Waals surface area contributed by atoms with Crippen molar-refractivity contribution in [1.29, 1.82) is 0 Å². The quantitative estimate of drug-likeness (QED) is 0.469. The third-order valence-corrected chi connectivity index (χ3v) is 6.74. The highest BCUT2D eigenvalue weighted by Gasteiger charge is 2.42. The zero-order chi connectivity index (χ0) is 27.1. The molecule has 1 fully saturated rings. The fraction of sp³-hybridized carbons (Fsp3) is 0.643. The van der Waals surface area contributed by atoms with Crippen molar-refractivity contribution in [3.8, 4) is 0 Å². The van der Waals surface area contributed by atoms with E-state index in [1.165, 1.54) is 7.11 Å². The Morgan fingerprint density at radius 2 is 1.58 bits per heavy atom. The molecule has 0 spiro atoms. The van der Waals surface area contributed by atoms with Crippen LogP contribution in [0.25, 0.3) is 0 Å². The van der Waals surface area contributed by atoms with E-state index in [0.717, 1.165) is 18.4 Å². The Bertz CT molecular complexity index is 925. The average Bonchev–Trinajstić information content (AvgIpc) is 2.79. The first-order valence-electron chi connectivity index (χ1n) is 12.6. The van der Waals surface area contributed by atoms with Gasteiger partial charge < -0.3 is 20.5 Å². The van der Waals surface area contributed by atoms with Crippen molar-refractivity contribution in [3.05, 3.63) is 35.9 Å². The zero-order valence-electron chi connectivity index (χ0n) is 22.5. The Hall–Kier alpha value is -2.74. The van der Waals surface area contributed by atoms with Gasteiger partial charge in [-0.3, -0.25) is 19.2 Å². The summed E-state index contributed by atoms with van der Waals surface area (Å²) in [7, 11) is 1.21. The predicted molar refractivity (Wildman–Crippen MR) is 137 cm³/mol. The second-order valence-corrected chi connectivity index (χ2v) is 11.7. The van der Waals surface area contributed by atoms with Gasteiger partial charge in [-0.05, 0) is 63.9 Å². The van der Waals surface area contributed by atoms with E-state index in [2.05, 4.69) is 19.2 Å². The van der Waals surface area contributed by atoms with Crippen molar-refractivity contribution in [2.24, 2.45) is 17.1 Å². The SMILES string of the molecule is COC(=O)[C@H](CC(=O)OC(C)(C)C)CC(=O)[C@H](Cc1ccccc1)NC(=O)C1(N)CCC(C)(C)CC1. The smallest absolute Gasteiger partial charge is 0.309 e. The minimum absolute atomic E-state index is 0.123. The number of esters is 2. The van der Waals surface area contributed by atoms with E-state index in [1.807, 2.05) is 30.3 Å². The standard InChI is InChI=1S/C28H42N2O6/c1-26(2,3)36-23(32)18-20(24(33)35-6)17-22(31)21(16-19-10-8-7-9-11-19)30-25(34)28(29)14-12-27(4,5)13-15-28/h7-11,20-21H,12-18,29H2,1-6H3,(H,30,34)/t20-,21-/m0/s1. The summed E-state index contributed by atoms with van der Waals surface area (Å²) in [5.74, 6) is -3.03. The van der Waals surface area contributed by atoms with Gasteiger partial charge in [0.05, 0.1) is 31.0 Å². The van der Waals surface area contributed by atoms with Gasteiger partial charge >= 0.3 is 11.9 Å². The van der Waals surface area contributed by atoms with Crippen molar-refractivity contribution in [2.45, 2.75) is 96.7 Å². The van der Waals surface area contributed by atoms with Crippen molar-refractivity contribution in [1.82, 2.24) is 5.32 Å². The molecule has 2 atom stereocenters. The molecule has 0 aromatic heterocycles. The van der Waals surface area contributed by atoms with Gasteiger partial charge in [0, 0.05) is 6.42 Å². The molecule has 2 rings (SSSR count). The second-order valence-electron chi connectivity index (χ2n) is 11.7. The van der Waals surface area contributed by atoms with Crippen molar-refractivity contribution >= 4 is 23.6 Å². The van der Waals surface area contributed by atoms with Gasteiger partial charge in [0.15, 0.2) is 5.78 Å². The van der Waals surface area contributed by atoms with Gasteiger partial charge in [0.25, 0.3) is 0 Å². The van der Waals surface area contributed by atoms with Crippen molar-refractivity contribution in [3.63, 3.8) is 0 Å². The normalized spacial score (nSPS) is 18.4. The summed E-state index contributed by atoms with van der Waals surface area (Å²) >= 11 is 0. The Labute approximate surface area is 214 Å². The number of nitrogens with one attached hydrogen (secondary N) is 1. The maximum Gasteiger partial charge on any atom is 0.309 e. The first-order chi connectivity index (χ1) is 16.6. The number of ketones is 1. The maximum absolute atomic E-state index is 13.5. The zero-order valence-corrected chi connectivity index (χ0v) is 22.5. The summed E-state index contributed by atoms with van der Waals surface area (Å²) in [6.45, 7) is 9.49. The number of Topliss-reactive ketones (excluding diaryl/α,β-unsaturated/α-hetero) is 1. The van der Waals surface area contributed by atoms with Crippen LogP contribution in [0.3, 0.4) is 0 Å². The molecule has 0 saturated heterocycles. The molecule has 0 heterocycles. The van der Waals surface area contributed by atoms with Crippen LogP contribution >= 0.6 is 0 Å². The number of nitrogens with two attached hydrogens (primary N) is 1. The Kier molecular flexibility index (Phi) is 9.83. The minimum Gasteiger partial charge on any atom is -0.469 e. The number of methoxy groups -OCH3 is 1. The molecule has 1 aliphatic carbocycles. The molecule has 1 amide bonds. The van der Waals surface area contributed by atoms with Crippen molar-refractivity contribution in [2.75, 3.05) is 7.11 Å². The molecular weight excluding hydrogens is 460 g/mol. The highest BCUT2D eigenvalue weighted by Crippen LogP contribution is 2.39. The summed E-state index contributed by atoms with van der Waals surface area (Å²) < 4.78 is 10.2. The molecule has 1 aliphatic rings. The van der Waals surface area contributed by atoms with E-state index in [0.29, 0.717) is 12.8 Å². The van der Waals surface area contributed by atoms with E-state index in [4.69, 9.17) is 15.2 Å². The summed E-state index contributed by atoms with van der Waals surface area (Å²) in [4.78, 5) is 51.6. The molecule has 1 aromatic carbocycles. The van der Waals surface area contributed by atoms with Gasteiger partial charge in [0.2, 0.25) is 5.91 Å². The summed E-state index contributed by atoms with van der Waals surface area (Å²) in [5.41, 5.74) is 5.70. The number of rotatable bonds is 10. The summed E-state index contributed by atoms with van der Waals surface area (Å²) in [5, 5.41) is 2.87. The van der Waals surface area contributed by atoms with Crippen LogP contribution in [0, 0.1) is 11.3 Å². The highest BCUT2D eigenvalue weighted by atomic mass is 16.6. The van der Waals surface area contributed by atoms with Gasteiger partial charge in [-0.25, -0.2) is 0 Å². The fourth-order valence-corrected chi connectivity index (χ4v) is 4.37. The molecule has 200 valence electrons. The van der Waals surface area contributed by atoms with Crippen LogP contribution < -0.4 is 11.1 Å². The number of ether oxygens (including phenoxy) is 2. The van der Waals surface area contributed by atoms with Crippen molar-refractivity contribution < 1.29 is 28.7 Å². The molecule has 1 aromatic rings. The number of carbonyl (C=O) groups is 4. The lowest BCUT2D eigenvalue weighted by Crippen LogP contribution is -2.59. The first kappa shape index (κ1) is 29.5. The van der Waals surface area contributed by atoms with Gasteiger partial charge in [-0.2, -0.15) is 0 Å². The lowest BCUT2D eigenvalue weighted by atomic mass is 9.69. The molecule has 3 N–H and O–H groups in total. The lowest BCUT2D eigenvalue weighted by molar-refractivity contribution is -0.161. The van der Waals surface area contributed by atoms with Crippen LogP contribution in [0.1, 0.15) is 78.7 Å². The molecule has 0 bridgehead atoms. The van der Waals surface area contributed by atoms with E-state index < -0.39 is 35.0 Å². The first-order valence-corrected chi connectivity index (χ1v) is 12.6. The largest absolute Gasteiger partial charge is 0.469 e. The van der Waals surface area contributed by atoms with E-state index >= 15 is 0 Å². The second kappa shape index (κ2) is 12.0. The third-order valence-electron chi connectivity index (χ3n) is 6.74. The van der Waals surface area contributed by atoms with Crippen LogP contribution in [0.5, 0.6) is 0 Å². The summed E-state index contributed by atoms with van der Waals surface area (Å²) in [6, 6.07) is 8.41. The lowest BCUT2D eigenvalue weighted by Gasteiger charge is -2.40. The van der Waals surface area contributed by atoms with E-state index in [9.17, 15) is 19.2 Å². The Balaban J connectivity index is 2.21. The number of benzene rings is 1. The maximum atomic E-state index is 13.5. The average molecular weight is 503 g/mol. The number of carbonyl (C=O) groups excluding carboxylic acids is 4. The van der Waals surface area contributed by atoms with Gasteiger partial charge in [0.1, 0.15) is 5.60 Å². The molecule has 0 radical (unpaired) electrons. The highest BCUT2D eigenvalue weighted by molar-refractivity contribution is 5.95. The molecular formula is C28H42N2O6. The minimum atomic E-state index is -1.05. The number of amides is 1. The number of hydrogen-bond acceptors (Lipinski definition) is 7. The Morgan fingerprint density at radius 1 is 1.00 bits per heavy atom. The predicted octanol–water partition coefficient (Wildman–Crippen LogP) is 3.49. The van der Waals surface area contributed by atoms with Gasteiger partial charge in [-0.15, -0.1) is 0 Å². The Morgan fingerprint density at radius 3 is 2.11 bits per heavy atom. The summed E-state index contributed by atoms with van der Waals surface area (Å²) in [6.07, 6.45) is 2.37. The van der Waals surface area contributed by atoms with Crippen LogP contribution in [-0.4, -0.2) is 47.9 Å². The van der Waals surface area contributed by atoms with Crippen LogP contribution in [0.15, 0.2) is 30.3 Å². The molecule has 0 unspecified atom stereocenters. The third kappa shape index (κ3) is 9.04. The van der Waals surface area contributed by atoms with Crippen LogP contribution in [0.4, 0.5) is 0 Å². The molecule has 8 heteroatoms. The topological polar surface area (TPSA) is 125 Å². The molecule has 0 aliphatic heterocycles. The fourth-order valence-electron chi connectivity index (χ4n) is 4.37.